The van der Waals surface area contributed by atoms with E-state index in [4.69, 9.17) is 5.10 Å². The van der Waals surface area contributed by atoms with Gasteiger partial charge in [0.2, 0.25) is 5.91 Å². The molecule has 0 unspecified atom stereocenters. The van der Waals surface area contributed by atoms with Crippen LogP contribution in [0.1, 0.15) is 22.4 Å². The number of rotatable bonds is 4. The SMILES string of the molecule is Cc1ccccc1-n1nc2c(c1NC(=O)/C=C/c1ccccc1)CSC2. The maximum atomic E-state index is 12.5. The molecule has 1 N–H and O–H groups in total. The quantitative estimate of drug-likeness (QED) is 0.692. The van der Waals surface area contributed by atoms with Gasteiger partial charge in [0, 0.05) is 23.1 Å². The lowest BCUT2D eigenvalue weighted by Gasteiger charge is -2.12. The van der Waals surface area contributed by atoms with Crippen molar-refractivity contribution >= 4 is 29.6 Å². The standard InChI is InChI=1S/C21H19N3OS/c1-15-7-5-6-10-19(15)24-21(17-13-26-14-18(17)23-24)22-20(25)12-11-16-8-3-2-4-9-16/h2-12H,13-14H2,1H3,(H,22,25)/b12-11+. The lowest BCUT2D eigenvalue weighted by atomic mass is 10.2. The number of para-hydroxylation sites is 1. The fourth-order valence-electron chi connectivity index (χ4n) is 3.01. The monoisotopic (exact) mass is 361 g/mol. The molecule has 1 aliphatic rings. The van der Waals surface area contributed by atoms with Crippen molar-refractivity contribution in [3.05, 3.63) is 83.1 Å². The number of amides is 1. The first-order valence-corrected chi connectivity index (χ1v) is 9.66. The number of hydrogen-bond donors (Lipinski definition) is 1. The first kappa shape index (κ1) is 16.7. The molecule has 2 aromatic carbocycles. The molecule has 0 spiro atoms. The van der Waals surface area contributed by atoms with Gasteiger partial charge in [0.15, 0.2) is 0 Å². The average molecular weight is 361 g/mol. The molecule has 26 heavy (non-hydrogen) atoms. The molecule has 0 aliphatic carbocycles. The van der Waals surface area contributed by atoms with Crippen LogP contribution in [0.2, 0.25) is 0 Å². The Bertz CT molecular complexity index is 976. The summed E-state index contributed by atoms with van der Waals surface area (Å²) in [6.07, 6.45) is 3.39. The number of hydrogen-bond acceptors (Lipinski definition) is 3. The van der Waals surface area contributed by atoms with Crippen molar-refractivity contribution in [2.45, 2.75) is 18.4 Å². The van der Waals surface area contributed by atoms with Gasteiger partial charge < -0.3 is 5.32 Å². The van der Waals surface area contributed by atoms with Crippen molar-refractivity contribution in [3.8, 4) is 5.69 Å². The summed E-state index contributed by atoms with van der Waals surface area (Å²) in [5.41, 5.74) is 5.29. The number of benzene rings is 2. The first-order valence-electron chi connectivity index (χ1n) is 8.51. The van der Waals surface area contributed by atoms with E-state index < -0.39 is 0 Å². The molecule has 2 heterocycles. The van der Waals surface area contributed by atoms with Gasteiger partial charge >= 0.3 is 0 Å². The summed E-state index contributed by atoms with van der Waals surface area (Å²) in [5.74, 6) is 2.39. The van der Waals surface area contributed by atoms with E-state index in [1.165, 1.54) is 0 Å². The molecule has 3 aromatic rings. The summed E-state index contributed by atoms with van der Waals surface area (Å²) in [6.45, 7) is 2.05. The van der Waals surface area contributed by atoms with Crippen molar-refractivity contribution in [2.75, 3.05) is 5.32 Å². The molecule has 4 nitrogen and oxygen atoms in total. The van der Waals surface area contributed by atoms with Crippen molar-refractivity contribution in [1.82, 2.24) is 9.78 Å². The highest BCUT2D eigenvalue weighted by atomic mass is 32.2. The molecule has 1 amide bonds. The number of anilines is 1. The molecule has 130 valence electrons. The zero-order chi connectivity index (χ0) is 17.9. The second-order valence-electron chi connectivity index (χ2n) is 6.20. The normalized spacial score (nSPS) is 13.1. The van der Waals surface area contributed by atoms with Gasteiger partial charge in [-0.2, -0.15) is 16.9 Å². The fourth-order valence-corrected chi connectivity index (χ4v) is 4.05. The number of nitrogens with one attached hydrogen (secondary N) is 1. The highest BCUT2D eigenvalue weighted by Gasteiger charge is 2.24. The van der Waals surface area contributed by atoms with Crippen LogP contribution in [-0.2, 0) is 16.3 Å². The van der Waals surface area contributed by atoms with E-state index in [0.717, 1.165) is 45.4 Å². The highest BCUT2D eigenvalue weighted by Crippen LogP contribution is 2.36. The number of carbonyl (C=O) groups is 1. The number of carbonyl (C=O) groups excluding carboxylic acids is 1. The number of fused-ring (bicyclic) bond motifs is 1. The number of nitrogens with zero attached hydrogens (tertiary/aromatic N) is 2. The van der Waals surface area contributed by atoms with Crippen LogP contribution in [0.4, 0.5) is 5.82 Å². The third-order valence-corrected chi connectivity index (χ3v) is 5.33. The Kier molecular flexibility index (Phi) is 4.63. The van der Waals surface area contributed by atoms with Crippen LogP contribution in [0.15, 0.2) is 60.7 Å². The summed E-state index contributed by atoms with van der Waals surface area (Å²) < 4.78 is 1.87. The number of thioether (sulfide) groups is 1. The van der Waals surface area contributed by atoms with E-state index in [9.17, 15) is 4.79 Å². The topological polar surface area (TPSA) is 46.9 Å². The second kappa shape index (κ2) is 7.22. The molecular weight excluding hydrogens is 342 g/mol. The van der Waals surface area contributed by atoms with Gasteiger partial charge in [0.05, 0.1) is 11.4 Å². The molecule has 1 aromatic heterocycles. The molecule has 0 saturated carbocycles. The van der Waals surface area contributed by atoms with Gasteiger partial charge in [-0.15, -0.1) is 0 Å². The number of aromatic nitrogens is 2. The summed E-state index contributed by atoms with van der Waals surface area (Å²) in [5, 5.41) is 7.80. The van der Waals surface area contributed by atoms with E-state index in [1.54, 1.807) is 6.08 Å². The maximum Gasteiger partial charge on any atom is 0.249 e. The van der Waals surface area contributed by atoms with Gasteiger partial charge in [-0.3, -0.25) is 4.79 Å². The lowest BCUT2D eigenvalue weighted by Crippen LogP contribution is -2.14. The Morgan fingerprint density at radius 2 is 1.88 bits per heavy atom. The van der Waals surface area contributed by atoms with E-state index in [1.807, 2.05) is 71.1 Å². The minimum atomic E-state index is -0.150. The minimum absolute atomic E-state index is 0.150. The minimum Gasteiger partial charge on any atom is -0.307 e. The van der Waals surface area contributed by atoms with E-state index in [0.29, 0.717) is 0 Å². The molecule has 0 fully saturated rings. The smallest absolute Gasteiger partial charge is 0.249 e. The van der Waals surface area contributed by atoms with Gasteiger partial charge in [0.1, 0.15) is 5.82 Å². The van der Waals surface area contributed by atoms with Crippen molar-refractivity contribution in [3.63, 3.8) is 0 Å². The Hall–Kier alpha value is -2.79. The third-order valence-electron chi connectivity index (χ3n) is 4.36. The summed E-state index contributed by atoms with van der Waals surface area (Å²) in [6, 6.07) is 17.9. The van der Waals surface area contributed by atoms with Crippen LogP contribution in [0.5, 0.6) is 0 Å². The van der Waals surface area contributed by atoms with E-state index >= 15 is 0 Å². The van der Waals surface area contributed by atoms with Crippen LogP contribution in [0.3, 0.4) is 0 Å². The van der Waals surface area contributed by atoms with E-state index in [-0.39, 0.29) is 5.91 Å². The van der Waals surface area contributed by atoms with Crippen molar-refractivity contribution in [1.29, 1.82) is 0 Å². The molecule has 0 saturated heterocycles. The average Bonchev–Trinajstić information content (AvgIpc) is 3.24. The van der Waals surface area contributed by atoms with Crippen LogP contribution < -0.4 is 5.32 Å². The molecule has 1 aliphatic heterocycles. The molecule has 0 atom stereocenters. The van der Waals surface area contributed by atoms with Crippen LogP contribution in [0, 0.1) is 6.92 Å². The van der Waals surface area contributed by atoms with E-state index in [2.05, 4.69) is 18.3 Å². The maximum absolute atomic E-state index is 12.5. The summed E-state index contributed by atoms with van der Waals surface area (Å²) in [7, 11) is 0. The van der Waals surface area contributed by atoms with Gasteiger partial charge in [0.25, 0.3) is 0 Å². The van der Waals surface area contributed by atoms with Crippen molar-refractivity contribution in [2.24, 2.45) is 0 Å². The molecule has 5 heteroatoms. The zero-order valence-corrected chi connectivity index (χ0v) is 15.3. The molecule has 4 rings (SSSR count). The second-order valence-corrected chi connectivity index (χ2v) is 7.18. The molecule has 0 bridgehead atoms. The van der Waals surface area contributed by atoms with Gasteiger partial charge in [-0.1, -0.05) is 48.5 Å². The van der Waals surface area contributed by atoms with Crippen LogP contribution in [0.25, 0.3) is 11.8 Å². The zero-order valence-electron chi connectivity index (χ0n) is 14.5. The first-order chi connectivity index (χ1) is 12.7. The Labute approximate surface area is 156 Å². The predicted molar refractivity (Wildman–Crippen MR) is 107 cm³/mol. The summed E-state index contributed by atoms with van der Waals surface area (Å²) in [4.78, 5) is 12.5. The predicted octanol–water partition coefficient (Wildman–Crippen LogP) is 4.58. The third kappa shape index (κ3) is 3.30. The lowest BCUT2D eigenvalue weighted by molar-refractivity contribution is -0.111. The van der Waals surface area contributed by atoms with Crippen molar-refractivity contribution < 1.29 is 4.79 Å². The van der Waals surface area contributed by atoms with Gasteiger partial charge in [-0.25, -0.2) is 4.68 Å². The Morgan fingerprint density at radius 3 is 2.69 bits per heavy atom. The Morgan fingerprint density at radius 1 is 1.12 bits per heavy atom. The molecule has 0 radical (unpaired) electrons. The van der Waals surface area contributed by atoms with Crippen LogP contribution >= 0.6 is 11.8 Å². The largest absolute Gasteiger partial charge is 0.307 e. The van der Waals surface area contributed by atoms with Crippen LogP contribution in [-0.4, -0.2) is 15.7 Å². The number of aryl methyl sites for hydroxylation is 1. The Balaban J connectivity index is 1.65. The fraction of sp³-hybridized carbons (Fsp3) is 0.143. The molecular formula is C21H19N3OS. The highest BCUT2D eigenvalue weighted by molar-refractivity contribution is 7.98. The summed E-state index contributed by atoms with van der Waals surface area (Å²) >= 11 is 1.82. The van der Waals surface area contributed by atoms with Gasteiger partial charge in [-0.05, 0) is 30.2 Å².